The molecule has 1 aromatic rings. The van der Waals surface area contributed by atoms with Gasteiger partial charge in [0.1, 0.15) is 11.9 Å². The second kappa shape index (κ2) is 9.22. The Morgan fingerprint density at radius 3 is 2.21 bits per heavy atom. The highest BCUT2D eigenvalue weighted by molar-refractivity contribution is 7.92. The van der Waals surface area contributed by atoms with Crippen LogP contribution in [-0.4, -0.2) is 75.3 Å². The highest BCUT2D eigenvalue weighted by Gasteiger charge is 2.36. The van der Waals surface area contributed by atoms with Gasteiger partial charge in [-0.05, 0) is 25.5 Å². The highest BCUT2D eigenvalue weighted by atomic mass is 32.2. The average Bonchev–Trinajstić information content (AvgIpc) is 2.66. The fourth-order valence-corrected chi connectivity index (χ4v) is 4.39. The fourth-order valence-electron chi connectivity index (χ4n) is 3.18. The molecule has 1 fully saturated rings. The zero-order valence-electron chi connectivity index (χ0n) is 16.3. The molecule has 0 aromatic heterocycles. The Kier molecular flexibility index (Phi) is 7.22. The van der Waals surface area contributed by atoms with Gasteiger partial charge in [-0.3, -0.25) is 9.10 Å². The monoisotopic (exact) mass is 415 g/mol. The molecule has 0 radical (unpaired) electrons. The molecule has 1 saturated heterocycles. The number of hydrogen-bond donors (Lipinski definition) is 0. The van der Waals surface area contributed by atoms with Gasteiger partial charge in [-0.2, -0.15) is 0 Å². The predicted octanol–water partition coefficient (Wildman–Crippen LogP) is 1.67. The minimum atomic E-state index is -3.91. The molecule has 0 saturated carbocycles. The summed E-state index contributed by atoms with van der Waals surface area (Å²) >= 11 is 0. The maximum absolute atomic E-state index is 14.3. The number of rotatable bonds is 6. The molecule has 2 amide bonds. The number of ether oxygens (including phenoxy) is 1. The summed E-state index contributed by atoms with van der Waals surface area (Å²) in [6.07, 6.45) is 0.692. The molecule has 1 aliphatic heterocycles. The molecule has 1 heterocycles. The van der Waals surface area contributed by atoms with Crippen molar-refractivity contribution in [2.45, 2.75) is 26.3 Å². The SMILES string of the molecule is CCOC(=O)N1CCN(C(=O)C(CC)N(c2ccccc2F)S(C)(=O)=O)CC1. The van der Waals surface area contributed by atoms with Crippen molar-refractivity contribution in [3.05, 3.63) is 30.1 Å². The number of hydrogen-bond acceptors (Lipinski definition) is 5. The zero-order chi connectivity index (χ0) is 20.9. The zero-order valence-corrected chi connectivity index (χ0v) is 17.1. The molecular weight excluding hydrogens is 389 g/mol. The third-order valence-electron chi connectivity index (χ3n) is 4.52. The molecule has 2 rings (SSSR count). The number of nitrogens with zero attached hydrogens (tertiary/aromatic N) is 3. The van der Waals surface area contributed by atoms with E-state index in [9.17, 15) is 22.4 Å². The number of carbonyl (C=O) groups excluding carboxylic acids is 2. The first-order valence-electron chi connectivity index (χ1n) is 9.15. The number of amides is 2. The van der Waals surface area contributed by atoms with Crippen LogP contribution in [0.3, 0.4) is 0 Å². The molecule has 1 aliphatic rings. The molecule has 0 N–H and O–H groups in total. The van der Waals surface area contributed by atoms with Crippen molar-refractivity contribution in [3.63, 3.8) is 0 Å². The molecule has 28 heavy (non-hydrogen) atoms. The normalized spacial score (nSPS) is 15.9. The number of halogens is 1. The van der Waals surface area contributed by atoms with Crippen molar-refractivity contribution in [2.24, 2.45) is 0 Å². The maximum atomic E-state index is 14.3. The number of benzene rings is 1. The van der Waals surface area contributed by atoms with Crippen LogP contribution in [0.5, 0.6) is 0 Å². The molecule has 0 spiro atoms. The van der Waals surface area contributed by atoms with Gasteiger partial charge < -0.3 is 14.5 Å². The summed E-state index contributed by atoms with van der Waals surface area (Å²) in [5.74, 6) is -1.13. The van der Waals surface area contributed by atoms with Crippen molar-refractivity contribution < 1.29 is 27.1 Å². The van der Waals surface area contributed by atoms with Crippen LogP contribution in [0.4, 0.5) is 14.9 Å². The lowest BCUT2D eigenvalue weighted by atomic mass is 10.1. The van der Waals surface area contributed by atoms with Crippen LogP contribution < -0.4 is 4.31 Å². The van der Waals surface area contributed by atoms with E-state index >= 15 is 0 Å². The van der Waals surface area contributed by atoms with E-state index in [4.69, 9.17) is 4.74 Å². The van der Waals surface area contributed by atoms with Crippen LogP contribution in [0, 0.1) is 5.82 Å². The number of carbonyl (C=O) groups is 2. The molecule has 1 atom stereocenters. The molecule has 10 heteroatoms. The third-order valence-corrected chi connectivity index (χ3v) is 5.69. The van der Waals surface area contributed by atoms with Crippen molar-refractivity contribution in [1.29, 1.82) is 0 Å². The molecule has 156 valence electrons. The summed E-state index contributed by atoms with van der Waals surface area (Å²) in [7, 11) is -3.91. The number of anilines is 1. The van der Waals surface area contributed by atoms with Crippen LogP contribution in [0.25, 0.3) is 0 Å². The molecule has 1 unspecified atom stereocenters. The van der Waals surface area contributed by atoms with E-state index in [0.717, 1.165) is 16.6 Å². The van der Waals surface area contributed by atoms with Crippen LogP contribution in [-0.2, 0) is 19.6 Å². The van der Waals surface area contributed by atoms with Gasteiger partial charge in [-0.1, -0.05) is 19.1 Å². The van der Waals surface area contributed by atoms with Crippen molar-refractivity contribution in [2.75, 3.05) is 43.3 Å². The third kappa shape index (κ3) is 4.92. The first kappa shape index (κ1) is 21.9. The number of piperazine rings is 1. The summed E-state index contributed by atoms with van der Waals surface area (Å²) < 4.78 is 44.9. The quantitative estimate of drug-likeness (QED) is 0.705. The first-order chi connectivity index (χ1) is 13.2. The van der Waals surface area contributed by atoms with E-state index in [0.29, 0.717) is 13.1 Å². The topological polar surface area (TPSA) is 87.2 Å². The van der Waals surface area contributed by atoms with Crippen molar-refractivity contribution in [3.8, 4) is 0 Å². The fraction of sp³-hybridized carbons (Fsp3) is 0.556. The Hall–Kier alpha value is -2.36. The minimum absolute atomic E-state index is 0.157. The van der Waals surface area contributed by atoms with Crippen LogP contribution >= 0.6 is 0 Å². The smallest absolute Gasteiger partial charge is 0.409 e. The number of para-hydroxylation sites is 1. The van der Waals surface area contributed by atoms with Crippen molar-refractivity contribution in [1.82, 2.24) is 9.80 Å². The van der Waals surface area contributed by atoms with E-state index in [-0.39, 0.29) is 31.8 Å². The molecule has 8 nitrogen and oxygen atoms in total. The Bertz CT molecular complexity index is 809. The predicted molar refractivity (Wildman–Crippen MR) is 103 cm³/mol. The average molecular weight is 415 g/mol. The van der Waals surface area contributed by atoms with Gasteiger partial charge in [0.2, 0.25) is 15.9 Å². The van der Waals surface area contributed by atoms with Gasteiger partial charge >= 0.3 is 6.09 Å². The lowest BCUT2D eigenvalue weighted by Crippen LogP contribution is -2.56. The van der Waals surface area contributed by atoms with Crippen LogP contribution in [0.15, 0.2) is 24.3 Å². The van der Waals surface area contributed by atoms with Crippen molar-refractivity contribution >= 4 is 27.7 Å². The molecule has 1 aromatic carbocycles. The standard InChI is InChI=1S/C18H26FN3O5S/c1-4-15(22(28(3,25)26)16-9-7-6-8-14(16)19)17(23)20-10-12-21(13-11-20)18(24)27-5-2/h6-9,15H,4-5,10-13H2,1-3H3. The van der Waals surface area contributed by atoms with Gasteiger partial charge in [0.25, 0.3) is 0 Å². The summed E-state index contributed by atoms with van der Waals surface area (Å²) in [4.78, 5) is 27.9. The van der Waals surface area contributed by atoms with E-state index < -0.39 is 33.9 Å². The van der Waals surface area contributed by atoms with E-state index in [1.165, 1.54) is 28.0 Å². The lowest BCUT2D eigenvalue weighted by Gasteiger charge is -2.38. The minimum Gasteiger partial charge on any atom is -0.450 e. The maximum Gasteiger partial charge on any atom is 0.409 e. The van der Waals surface area contributed by atoms with Gasteiger partial charge in [0, 0.05) is 26.2 Å². The molecular formula is C18H26FN3O5S. The molecule has 0 bridgehead atoms. The highest BCUT2D eigenvalue weighted by Crippen LogP contribution is 2.26. The van der Waals surface area contributed by atoms with Crippen LogP contribution in [0.2, 0.25) is 0 Å². The van der Waals surface area contributed by atoms with Gasteiger partial charge in [0.05, 0.1) is 18.6 Å². The summed E-state index contributed by atoms with van der Waals surface area (Å²) in [6.45, 7) is 4.75. The lowest BCUT2D eigenvalue weighted by molar-refractivity contribution is -0.134. The molecule has 0 aliphatic carbocycles. The Balaban J connectivity index is 2.22. The van der Waals surface area contributed by atoms with Gasteiger partial charge in [0.15, 0.2) is 0 Å². The Labute approximate surface area is 164 Å². The van der Waals surface area contributed by atoms with E-state index in [2.05, 4.69) is 0 Å². The second-order valence-corrected chi connectivity index (χ2v) is 8.30. The number of sulfonamides is 1. The van der Waals surface area contributed by atoms with Gasteiger partial charge in [-0.25, -0.2) is 17.6 Å². The Morgan fingerprint density at radius 1 is 1.14 bits per heavy atom. The summed E-state index contributed by atoms with van der Waals surface area (Å²) in [5, 5.41) is 0. The Morgan fingerprint density at radius 2 is 1.71 bits per heavy atom. The second-order valence-electron chi connectivity index (χ2n) is 6.45. The summed E-state index contributed by atoms with van der Waals surface area (Å²) in [5.41, 5.74) is -0.157. The van der Waals surface area contributed by atoms with Crippen LogP contribution in [0.1, 0.15) is 20.3 Å². The summed E-state index contributed by atoms with van der Waals surface area (Å²) in [6, 6.07) is 4.40. The van der Waals surface area contributed by atoms with Gasteiger partial charge in [-0.15, -0.1) is 0 Å². The largest absolute Gasteiger partial charge is 0.450 e. The van der Waals surface area contributed by atoms with E-state index in [1.807, 2.05) is 0 Å². The van der Waals surface area contributed by atoms with E-state index in [1.54, 1.807) is 13.8 Å². The first-order valence-corrected chi connectivity index (χ1v) is 11.0.